The van der Waals surface area contributed by atoms with Crippen molar-refractivity contribution in [2.75, 3.05) is 26.2 Å². The van der Waals surface area contributed by atoms with E-state index in [0.717, 1.165) is 55.8 Å². The fourth-order valence-electron chi connectivity index (χ4n) is 5.88. The summed E-state index contributed by atoms with van der Waals surface area (Å²) in [6.45, 7) is 6.08. The molecule has 3 aliphatic rings. The summed E-state index contributed by atoms with van der Waals surface area (Å²) >= 11 is 6.31. The van der Waals surface area contributed by atoms with E-state index in [1.807, 2.05) is 21.8 Å². The first-order valence-electron chi connectivity index (χ1n) is 13.7. The van der Waals surface area contributed by atoms with Gasteiger partial charge >= 0.3 is 0 Å². The molecule has 2 aromatic carbocycles. The molecule has 3 aromatic rings. The zero-order chi connectivity index (χ0) is 27.8. The summed E-state index contributed by atoms with van der Waals surface area (Å²) in [5.41, 5.74) is 3.98. The number of hydrogen-bond donors (Lipinski definition) is 2. The van der Waals surface area contributed by atoms with E-state index in [1.165, 1.54) is 18.2 Å². The molecule has 3 heterocycles. The third-order valence-corrected chi connectivity index (χ3v) is 8.19. The lowest BCUT2D eigenvalue weighted by Crippen LogP contribution is -2.49. The maximum Gasteiger partial charge on any atom is 0.226 e. The second-order valence-corrected chi connectivity index (χ2v) is 11.1. The Labute approximate surface area is 236 Å². The fraction of sp³-hybridized carbons (Fsp3) is 0.367. The third kappa shape index (κ3) is 5.15. The minimum Gasteiger partial charge on any atom is -0.370 e. The van der Waals surface area contributed by atoms with Crippen LogP contribution in [0.1, 0.15) is 36.5 Å². The van der Waals surface area contributed by atoms with Crippen LogP contribution >= 0.6 is 11.6 Å². The molecule has 2 N–H and O–H groups in total. The summed E-state index contributed by atoms with van der Waals surface area (Å²) < 4.78 is 31.3. The van der Waals surface area contributed by atoms with E-state index < -0.39 is 11.6 Å². The molecule has 2 aliphatic heterocycles. The van der Waals surface area contributed by atoms with E-state index in [2.05, 4.69) is 28.6 Å². The van der Waals surface area contributed by atoms with Crippen molar-refractivity contribution in [2.45, 2.75) is 33.0 Å². The van der Waals surface area contributed by atoms with Gasteiger partial charge < -0.3 is 15.5 Å². The van der Waals surface area contributed by atoms with Gasteiger partial charge in [0.05, 0.1) is 23.5 Å². The van der Waals surface area contributed by atoms with Crippen molar-refractivity contribution in [3.63, 3.8) is 0 Å². The molecule has 208 valence electrons. The van der Waals surface area contributed by atoms with Crippen molar-refractivity contribution in [2.24, 2.45) is 16.8 Å². The van der Waals surface area contributed by atoms with Crippen molar-refractivity contribution in [3.05, 3.63) is 87.7 Å². The molecule has 0 radical (unpaired) electrons. The predicted molar refractivity (Wildman–Crippen MR) is 151 cm³/mol. The van der Waals surface area contributed by atoms with Crippen LogP contribution < -0.4 is 10.6 Å². The maximum absolute atomic E-state index is 14.7. The van der Waals surface area contributed by atoms with Crippen LogP contribution in [0, 0.1) is 23.5 Å². The Morgan fingerprint density at radius 1 is 1.15 bits per heavy atom. The number of nitrogens with zero attached hydrogens (tertiary/aromatic N) is 4. The Hall–Kier alpha value is -3.56. The lowest BCUT2D eigenvalue weighted by atomic mass is 9.84. The topological polar surface area (TPSA) is 74.6 Å². The van der Waals surface area contributed by atoms with Crippen molar-refractivity contribution >= 4 is 23.2 Å². The molecule has 10 heteroatoms. The van der Waals surface area contributed by atoms with Gasteiger partial charge in [-0.1, -0.05) is 36.7 Å². The Bertz CT molecular complexity index is 1490. The molecule has 6 rings (SSSR count). The number of carbonyl (C=O) groups excluding carboxylic acids is 1. The molecular weight excluding hydrogens is 534 g/mol. The molecule has 0 spiro atoms. The van der Waals surface area contributed by atoms with Crippen molar-refractivity contribution in [1.82, 2.24) is 25.3 Å². The summed E-state index contributed by atoms with van der Waals surface area (Å²) in [6.07, 6.45) is 5.60. The standard InChI is InChI=1S/C30H31ClF2N6O/c1-18-13-19(30(40)38-11-9-34-10-12-38)5-8-26(18)36-17-39-16-20-15-35-29(27-24(32)3-2-4-25(27)33)23-14-21(31)6-7-22(23)28(20)37-39/h2-4,6-8,14,16,18-19,34,36H,5,9-13,15,17H2,1H3. The second kappa shape index (κ2) is 11.1. The van der Waals surface area contributed by atoms with Crippen LogP contribution in [0.5, 0.6) is 0 Å². The molecule has 2 atom stereocenters. The monoisotopic (exact) mass is 564 g/mol. The number of halogens is 3. The first-order valence-corrected chi connectivity index (χ1v) is 14.1. The van der Waals surface area contributed by atoms with Gasteiger partial charge in [0.1, 0.15) is 18.3 Å². The van der Waals surface area contributed by atoms with Gasteiger partial charge in [-0.25, -0.2) is 8.78 Å². The summed E-state index contributed by atoms with van der Waals surface area (Å²) in [5.74, 6) is -0.845. The minimum absolute atomic E-state index is 0.0223. The smallest absolute Gasteiger partial charge is 0.226 e. The number of allylic oxidation sites excluding steroid dienone is 2. The normalized spacial score (nSPS) is 20.6. The Morgan fingerprint density at radius 3 is 2.67 bits per heavy atom. The molecular formula is C30H31ClF2N6O. The van der Waals surface area contributed by atoms with E-state index in [0.29, 0.717) is 22.9 Å². The second-order valence-electron chi connectivity index (χ2n) is 10.6. The van der Waals surface area contributed by atoms with E-state index in [4.69, 9.17) is 16.7 Å². The summed E-state index contributed by atoms with van der Waals surface area (Å²) in [4.78, 5) is 19.6. The van der Waals surface area contributed by atoms with Gasteiger partial charge in [0, 0.05) is 65.7 Å². The lowest BCUT2D eigenvalue weighted by molar-refractivity contribution is -0.136. The van der Waals surface area contributed by atoms with Crippen LogP contribution in [-0.4, -0.2) is 52.5 Å². The molecule has 1 aliphatic carbocycles. The third-order valence-electron chi connectivity index (χ3n) is 7.95. The molecule has 0 saturated carbocycles. The number of benzene rings is 2. The molecule has 1 aromatic heterocycles. The van der Waals surface area contributed by atoms with E-state index >= 15 is 0 Å². The molecule has 7 nitrogen and oxygen atoms in total. The van der Waals surface area contributed by atoms with Gasteiger partial charge in [0.2, 0.25) is 5.91 Å². The van der Waals surface area contributed by atoms with Gasteiger partial charge in [-0.3, -0.25) is 14.5 Å². The number of aliphatic imine (C=N–C) groups is 1. The van der Waals surface area contributed by atoms with Crippen molar-refractivity contribution < 1.29 is 13.6 Å². The maximum atomic E-state index is 14.7. The molecule has 1 fully saturated rings. The van der Waals surface area contributed by atoms with Gasteiger partial charge in [-0.2, -0.15) is 5.10 Å². The molecule has 0 bridgehead atoms. The summed E-state index contributed by atoms with van der Waals surface area (Å²) in [6, 6.07) is 9.04. The van der Waals surface area contributed by atoms with E-state index in [-0.39, 0.29) is 35.6 Å². The average Bonchev–Trinajstić information content (AvgIpc) is 3.30. The summed E-state index contributed by atoms with van der Waals surface area (Å²) in [7, 11) is 0. The van der Waals surface area contributed by atoms with Crippen LogP contribution in [0.2, 0.25) is 5.02 Å². The SMILES string of the molecule is CC1CC(C(=O)N2CCNCC2)CC=C1NCn1cc2c(n1)-c1ccc(Cl)cc1C(c1c(F)cccc1F)=NC2. The number of aromatic nitrogens is 2. The number of amides is 1. The van der Waals surface area contributed by atoms with Crippen LogP contribution in [0.3, 0.4) is 0 Å². The Balaban J connectivity index is 1.21. The number of hydrogen-bond acceptors (Lipinski definition) is 5. The number of rotatable bonds is 5. The lowest BCUT2D eigenvalue weighted by Gasteiger charge is -2.34. The number of nitrogens with one attached hydrogen (secondary N) is 2. The highest BCUT2D eigenvalue weighted by Crippen LogP contribution is 2.35. The van der Waals surface area contributed by atoms with Crippen LogP contribution in [0.25, 0.3) is 11.3 Å². The summed E-state index contributed by atoms with van der Waals surface area (Å²) in [5, 5.41) is 12.1. The Morgan fingerprint density at radius 2 is 1.93 bits per heavy atom. The van der Waals surface area contributed by atoms with Crippen LogP contribution in [0.4, 0.5) is 8.78 Å². The van der Waals surface area contributed by atoms with Crippen LogP contribution in [-0.2, 0) is 18.0 Å². The van der Waals surface area contributed by atoms with Crippen molar-refractivity contribution in [1.29, 1.82) is 0 Å². The van der Waals surface area contributed by atoms with E-state index in [9.17, 15) is 13.6 Å². The number of fused-ring (bicyclic) bond motifs is 3. The van der Waals surface area contributed by atoms with Crippen LogP contribution in [0.15, 0.2) is 59.4 Å². The largest absolute Gasteiger partial charge is 0.370 e. The molecule has 40 heavy (non-hydrogen) atoms. The highest BCUT2D eigenvalue weighted by Gasteiger charge is 2.30. The van der Waals surface area contributed by atoms with Crippen molar-refractivity contribution in [3.8, 4) is 11.3 Å². The highest BCUT2D eigenvalue weighted by atomic mass is 35.5. The van der Waals surface area contributed by atoms with Gasteiger partial charge in [0.15, 0.2) is 0 Å². The zero-order valence-corrected chi connectivity index (χ0v) is 23.0. The Kier molecular flexibility index (Phi) is 7.42. The van der Waals surface area contributed by atoms with Gasteiger partial charge in [-0.05, 0) is 43.0 Å². The minimum atomic E-state index is -0.676. The average molecular weight is 565 g/mol. The fourth-order valence-corrected chi connectivity index (χ4v) is 6.05. The molecule has 1 amide bonds. The predicted octanol–water partition coefficient (Wildman–Crippen LogP) is 4.74. The molecule has 1 saturated heterocycles. The zero-order valence-electron chi connectivity index (χ0n) is 22.3. The van der Waals surface area contributed by atoms with Gasteiger partial charge in [-0.15, -0.1) is 0 Å². The first kappa shape index (κ1) is 26.7. The number of piperazine rings is 1. The number of carbonyl (C=O) groups is 1. The van der Waals surface area contributed by atoms with Gasteiger partial charge in [0.25, 0.3) is 0 Å². The molecule has 2 unspecified atom stereocenters. The highest BCUT2D eigenvalue weighted by molar-refractivity contribution is 6.31. The van der Waals surface area contributed by atoms with E-state index in [1.54, 1.807) is 12.1 Å². The quantitative estimate of drug-likeness (QED) is 0.469. The first-order chi connectivity index (χ1) is 19.4.